The molecule has 1 aliphatic rings. The molecular formula is C17H28N2O2. The third-order valence-electron chi connectivity index (χ3n) is 4.66. The summed E-state index contributed by atoms with van der Waals surface area (Å²) < 4.78 is 10.8. The molecule has 0 bridgehead atoms. The Morgan fingerprint density at radius 1 is 1.19 bits per heavy atom. The summed E-state index contributed by atoms with van der Waals surface area (Å²) >= 11 is 0. The van der Waals surface area contributed by atoms with E-state index >= 15 is 0 Å². The summed E-state index contributed by atoms with van der Waals surface area (Å²) in [6.45, 7) is 5.17. The second kappa shape index (κ2) is 7.14. The van der Waals surface area contributed by atoms with E-state index in [1.807, 2.05) is 6.07 Å². The van der Waals surface area contributed by atoms with Gasteiger partial charge in [0.15, 0.2) is 0 Å². The van der Waals surface area contributed by atoms with Crippen LogP contribution in [0.1, 0.15) is 44.7 Å². The maximum absolute atomic E-state index is 6.12. The number of methoxy groups -OCH3 is 2. The molecule has 1 aromatic carbocycles. The van der Waals surface area contributed by atoms with Crippen LogP contribution in [0.4, 0.5) is 0 Å². The minimum absolute atomic E-state index is 0.219. The van der Waals surface area contributed by atoms with Gasteiger partial charge in [0.25, 0.3) is 0 Å². The van der Waals surface area contributed by atoms with Crippen LogP contribution in [0.25, 0.3) is 0 Å². The Bertz CT molecular complexity index is 442. The number of likely N-dealkylation sites (tertiary alicyclic amines) is 1. The van der Waals surface area contributed by atoms with Gasteiger partial charge < -0.3 is 15.2 Å². The molecule has 1 fully saturated rings. The number of hydrogen-bond acceptors (Lipinski definition) is 4. The van der Waals surface area contributed by atoms with Gasteiger partial charge in [-0.2, -0.15) is 0 Å². The minimum Gasteiger partial charge on any atom is -0.497 e. The van der Waals surface area contributed by atoms with Crippen molar-refractivity contribution in [2.75, 3.05) is 20.8 Å². The van der Waals surface area contributed by atoms with E-state index in [4.69, 9.17) is 15.2 Å². The van der Waals surface area contributed by atoms with E-state index in [-0.39, 0.29) is 6.04 Å². The topological polar surface area (TPSA) is 47.7 Å². The molecule has 1 saturated heterocycles. The van der Waals surface area contributed by atoms with Crippen molar-refractivity contribution in [2.45, 2.75) is 51.2 Å². The zero-order valence-corrected chi connectivity index (χ0v) is 13.6. The molecule has 1 aromatic rings. The van der Waals surface area contributed by atoms with Crippen LogP contribution in [0.15, 0.2) is 18.2 Å². The van der Waals surface area contributed by atoms with E-state index in [9.17, 15) is 0 Å². The van der Waals surface area contributed by atoms with Gasteiger partial charge in [-0.25, -0.2) is 0 Å². The van der Waals surface area contributed by atoms with Gasteiger partial charge in [-0.3, -0.25) is 4.90 Å². The van der Waals surface area contributed by atoms with Crippen LogP contribution in [0.2, 0.25) is 0 Å². The van der Waals surface area contributed by atoms with Gasteiger partial charge in [-0.05, 0) is 43.9 Å². The molecule has 3 unspecified atom stereocenters. The van der Waals surface area contributed by atoms with Crippen LogP contribution in [0.5, 0.6) is 11.5 Å². The van der Waals surface area contributed by atoms with Crippen LogP contribution in [0.3, 0.4) is 0 Å². The molecular weight excluding hydrogens is 264 g/mol. The maximum Gasteiger partial charge on any atom is 0.122 e. The zero-order valence-electron chi connectivity index (χ0n) is 13.6. The average Bonchev–Trinajstić information content (AvgIpc) is 2.89. The van der Waals surface area contributed by atoms with Crippen molar-refractivity contribution in [3.63, 3.8) is 0 Å². The largest absolute Gasteiger partial charge is 0.497 e. The van der Waals surface area contributed by atoms with Crippen LogP contribution >= 0.6 is 0 Å². The van der Waals surface area contributed by atoms with Crippen molar-refractivity contribution < 1.29 is 9.47 Å². The van der Waals surface area contributed by atoms with Gasteiger partial charge in [0.2, 0.25) is 0 Å². The first-order chi connectivity index (χ1) is 10.1. The summed E-state index contributed by atoms with van der Waals surface area (Å²) in [6, 6.07) is 7.47. The Labute approximate surface area is 128 Å². The van der Waals surface area contributed by atoms with Gasteiger partial charge in [0.1, 0.15) is 11.5 Å². The number of ether oxygens (including phenoxy) is 2. The molecule has 118 valence electrons. The highest BCUT2D eigenvalue weighted by molar-refractivity contribution is 5.40. The minimum atomic E-state index is 0.219. The molecule has 1 heterocycles. The first-order valence-electron chi connectivity index (χ1n) is 7.85. The number of nitrogens with two attached hydrogens (primary N) is 1. The third-order valence-corrected chi connectivity index (χ3v) is 4.66. The number of hydrogen-bond donors (Lipinski definition) is 1. The first kappa shape index (κ1) is 16.1. The van der Waals surface area contributed by atoms with E-state index in [0.29, 0.717) is 18.6 Å². The molecule has 21 heavy (non-hydrogen) atoms. The van der Waals surface area contributed by atoms with Crippen LogP contribution in [-0.4, -0.2) is 37.7 Å². The fourth-order valence-electron chi connectivity index (χ4n) is 3.52. The number of nitrogens with zero attached hydrogens (tertiary/aromatic N) is 1. The smallest absolute Gasteiger partial charge is 0.122 e. The molecule has 0 spiro atoms. The molecule has 0 aromatic heterocycles. The lowest BCUT2D eigenvalue weighted by Crippen LogP contribution is -2.41. The molecule has 0 radical (unpaired) electrons. The van der Waals surface area contributed by atoms with Crippen LogP contribution in [-0.2, 0) is 0 Å². The summed E-state index contributed by atoms with van der Waals surface area (Å²) in [5.41, 5.74) is 7.30. The monoisotopic (exact) mass is 292 g/mol. The van der Waals surface area contributed by atoms with Crippen molar-refractivity contribution in [3.8, 4) is 11.5 Å². The molecule has 2 rings (SSSR count). The Hall–Kier alpha value is -1.26. The van der Waals surface area contributed by atoms with Crippen LogP contribution < -0.4 is 15.2 Å². The Kier molecular flexibility index (Phi) is 5.48. The molecule has 1 aliphatic heterocycles. The molecule has 3 atom stereocenters. The predicted octanol–water partition coefficient (Wildman–Crippen LogP) is 2.97. The molecule has 4 heteroatoms. The summed E-state index contributed by atoms with van der Waals surface area (Å²) in [6.07, 6.45) is 3.67. The lowest BCUT2D eigenvalue weighted by atomic mass is 10.0. The molecule has 4 nitrogen and oxygen atoms in total. The van der Waals surface area contributed by atoms with Gasteiger partial charge in [0.05, 0.1) is 14.2 Å². The first-order valence-corrected chi connectivity index (χ1v) is 7.85. The number of rotatable bonds is 6. The lowest BCUT2D eigenvalue weighted by Gasteiger charge is -2.36. The SMILES string of the molecule is CCC1CCC(C)N1C(CN)c1cc(OC)cc(OC)c1. The highest BCUT2D eigenvalue weighted by Gasteiger charge is 2.35. The lowest BCUT2D eigenvalue weighted by molar-refractivity contribution is 0.136. The quantitative estimate of drug-likeness (QED) is 0.875. The van der Waals surface area contributed by atoms with Gasteiger partial charge in [-0.1, -0.05) is 6.92 Å². The average molecular weight is 292 g/mol. The summed E-state index contributed by atoms with van der Waals surface area (Å²) in [4.78, 5) is 2.58. The fraction of sp³-hybridized carbons (Fsp3) is 0.647. The Morgan fingerprint density at radius 2 is 1.81 bits per heavy atom. The third kappa shape index (κ3) is 3.33. The van der Waals surface area contributed by atoms with Crippen LogP contribution in [0, 0.1) is 0 Å². The zero-order chi connectivity index (χ0) is 15.4. The molecule has 0 amide bonds. The predicted molar refractivity (Wildman–Crippen MR) is 86.0 cm³/mol. The Balaban J connectivity index is 2.36. The molecule has 0 saturated carbocycles. The maximum atomic E-state index is 6.12. The van der Waals surface area contributed by atoms with E-state index in [1.54, 1.807) is 14.2 Å². The fourth-order valence-corrected chi connectivity index (χ4v) is 3.52. The number of benzene rings is 1. The van der Waals surface area contributed by atoms with Gasteiger partial charge >= 0.3 is 0 Å². The second-order valence-electron chi connectivity index (χ2n) is 5.83. The van der Waals surface area contributed by atoms with Crippen molar-refractivity contribution in [2.24, 2.45) is 5.73 Å². The molecule has 0 aliphatic carbocycles. The van der Waals surface area contributed by atoms with E-state index < -0.39 is 0 Å². The highest BCUT2D eigenvalue weighted by Crippen LogP contribution is 2.37. The van der Waals surface area contributed by atoms with Crippen molar-refractivity contribution in [1.29, 1.82) is 0 Å². The molecule has 2 N–H and O–H groups in total. The van der Waals surface area contributed by atoms with Crippen molar-refractivity contribution in [1.82, 2.24) is 4.90 Å². The van der Waals surface area contributed by atoms with E-state index in [1.165, 1.54) is 24.8 Å². The standard InChI is InChI=1S/C17H28N2O2/c1-5-14-7-6-12(2)19(14)17(11-18)13-8-15(20-3)10-16(9-13)21-4/h8-10,12,14,17H,5-7,11,18H2,1-4H3. The van der Waals surface area contributed by atoms with Crippen molar-refractivity contribution in [3.05, 3.63) is 23.8 Å². The Morgan fingerprint density at radius 3 is 2.29 bits per heavy atom. The van der Waals surface area contributed by atoms with Gasteiger partial charge in [0, 0.05) is 30.7 Å². The summed E-state index contributed by atoms with van der Waals surface area (Å²) in [5.74, 6) is 1.64. The normalized spacial score (nSPS) is 24.0. The van der Waals surface area contributed by atoms with E-state index in [2.05, 4.69) is 30.9 Å². The highest BCUT2D eigenvalue weighted by atomic mass is 16.5. The second-order valence-corrected chi connectivity index (χ2v) is 5.83. The van der Waals surface area contributed by atoms with Gasteiger partial charge in [-0.15, -0.1) is 0 Å². The van der Waals surface area contributed by atoms with Crippen molar-refractivity contribution >= 4 is 0 Å². The summed E-state index contributed by atoms with van der Waals surface area (Å²) in [7, 11) is 3.37. The van der Waals surface area contributed by atoms with E-state index in [0.717, 1.165) is 11.5 Å². The summed E-state index contributed by atoms with van der Waals surface area (Å²) in [5, 5.41) is 0.